The van der Waals surface area contributed by atoms with Crippen LogP contribution in [0, 0.1) is 13.8 Å². The average molecular weight is 310 g/mol. The molecule has 1 heterocycles. The topological polar surface area (TPSA) is 81.4 Å². The monoisotopic (exact) mass is 310 g/mol. The van der Waals surface area contributed by atoms with Crippen LogP contribution in [-0.2, 0) is 16.4 Å². The number of nitrogens with zero attached hydrogens (tertiary/aromatic N) is 1. The zero-order valence-electron chi connectivity index (χ0n) is 12.2. The third-order valence-electron chi connectivity index (χ3n) is 3.10. The number of methoxy groups -OCH3 is 1. The minimum atomic E-state index is -3.59. The third kappa shape index (κ3) is 3.62. The lowest BCUT2D eigenvalue weighted by molar-refractivity contribution is 0.390. The van der Waals surface area contributed by atoms with E-state index >= 15 is 0 Å². The van der Waals surface area contributed by atoms with Gasteiger partial charge in [-0.1, -0.05) is 17.3 Å². The molecule has 0 atom stereocenters. The second-order valence-electron chi connectivity index (χ2n) is 4.65. The van der Waals surface area contributed by atoms with Gasteiger partial charge in [0.05, 0.1) is 7.11 Å². The van der Waals surface area contributed by atoms with Gasteiger partial charge < -0.3 is 9.26 Å². The number of aromatic nitrogens is 1. The lowest BCUT2D eigenvalue weighted by atomic mass is 10.1. The molecule has 0 saturated carbocycles. The maximum Gasteiger partial charge on any atom is 0.245 e. The molecule has 0 aliphatic carbocycles. The molecule has 6 nitrogen and oxygen atoms in total. The Morgan fingerprint density at radius 2 is 1.90 bits per heavy atom. The smallest absolute Gasteiger partial charge is 0.245 e. The number of nitrogens with one attached hydrogen (secondary N) is 1. The molecule has 0 aliphatic heterocycles. The fourth-order valence-corrected chi connectivity index (χ4v) is 3.41. The predicted octanol–water partition coefficient (Wildman–Crippen LogP) is 1.82. The quantitative estimate of drug-likeness (QED) is 0.880. The van der Waals surface area contributed by atoms with Gasteiger partial charge in [0, 0.05) is 6.54 Å². The molecule has 2 rings (SSSR count). The second kappa shape index (κ2) is 6.28. The van der Waals surface area contributed by atoms with Crippen molar-refractivity contribution in [3.63, 3.8) is 0 Å². The van der Waals surface area contributed by atoms with Gasteiger partial charge in [0.15, 0.2) is 5.76 Å². The Morgan fingerprint density at radius 3 is 2.43 bits per heavy atom. The number of rotatable bonds is 6. The minimum Gasteiger partial charge on any atom is -0.497 e. The Labute approximate surface area is 124 Å². The summed E-state index contributed by atoms with van der Waals surface area (Å²) in [5, 5.41) is 3.66. The summed E-state index contributed by atoms with van der Waals surface area (Å²) >= 11 is 0. The van der Waals surface area contributed by atoms with Crippen molar-refractivity contribution in [2.24, 2.45) is 0 Å². The summed E-state index contributed by atoms with van der Waals surface area (Å²) < 4.78 is 36.9. The molecule has 0 amide bonds. The first-order chi connectivity index (χ1) is 9.94. The highest BCUT2D eigenvalue weighted by Gasteiger charge is 2.23. The minimum absolute atomic E-state index is 0.122. The molecule has 0 saturated heterocycles. The van der Waals surface area contributed by atoms with Gasteiger partial charge >= 0.3 is 0 Å². The van der Waals surface area contributed by atoms with E-state index in [9.17, 15) is 8.42 Å². The van der Waals surface area contributed by atoms with Crippen molar-refractivity contribution in [2.75, 3.05) is 13.7 Å². The average Bonchev–Trinajstić information content (AvgIpc) is 2.79. The van der Waals surface area contributed by atoms with Gasteiger partial charge in [0.1, 0.15) is 16.3 Å². The highest BCUT2D eigenvalue weighted by atomic mass is 32.2. The lowest BCUT2D eigenvalue weighted by Gasteiger charge is -2.07. The van der Waals surface area contributed by atoms with E-state index in [1.807, 2.05) is 24.3 Å². The van der Waals surface area contributed by atoms with Crippen LogP contribution in [-0.4, -0.2) is 27.2 Å². The van der Waals surface area contributed by atoms with Crippen LogP contribution in [0.25, 0.3) is 0 Å². The SMILES string of the molecule is COc1ccc(CCNS(=O)(=O)c2c(C)noc2C)cc1. The molecule has 1 aromatic carbocycles. The summed E-state index contributed by atoms with van der Waals surface area (Å²) in [6.07, 6.45) is 0.590. The van der Waals surface area contributed by atoms with Crippen LogP contribution >= 0.6 is 0 Å². The van der Waals surface area contributed by atoms with Gasteiger partial charge in [-0.05, 0) is 38.0 Å². The summed E-state index contributed by atoms with van der Waals surface area (Å²) in [6, 6.07) is 7.50. The Balaban J connectivity index is 1.99. The van der Waals surface area contributed by atoms with Crippen molar-refractivity contribution in [3.05, 3.63) is 41.3 Å². The molecule has 1 aromatic heterocycles. The second-order valence-corrected chi connectivity index (χ2v) is 6.35. The summed E-state index contributed by atoms with van der Waals surface area (Å²) in [5.41, 5.74) is 1.39. The third-order valence-corrected chi connectivity index (χ3v) is 4.81. The first kappa shape index (κ1) is 15.5. The van der Waals surface area contributed by atoms with Crippen molar-refractivity contribution >= 4 is 10.0 Å². The summed E-state index contributed by atoms with van der Waals surface area (Å²) in [5.74, 6) is 1.07. The molecular weight excluding hydrogens is 292 g/mol. The zero-order valence-corrected chi connectivity index (χ0v) is 13.0. The van der Waals surface area contributed by atoms with Crippen LogP contribution in [0.3, 0.4) is 0 Å². The lowest BCUT2D eigenvalue weighted by Crippen LogP contribution is -2.26. The van der Waals surface area contributed by atoms with E-state index < -0.39 is 10.0 Å². The maximum absolute atomic E-state index is 12.2. The number of hydrogen-bond donors (Lipinski definition) is 1. The molecule has 0 fully saturated rings. The fourth-order valence-electron chi connectivity index (χ4n) is 2.05. The molecular formula is C14H18N2O4S. The van der Waals surface area contributed by atoms with Crippen molar-refractivity contribution in [3.8, 4) is 5.75 Å². The molecule has 0 bridgehead atoms. The first-order valence-electron chi connectivity index (χ1n) is 6.49. The summed E-state index contributed by atoms with van der Waals surface area (Å²) in [7, 11) is -1.99. The van der Waals surface area contributed by atoms with Crippen LogP contribution in [0.4, 0.5) is 0 Å². The largest absolute Gasteiger partial charge is 0.497 e. The highest BCUT2D eigenvalue weighted by molar-refractivity contribution is 7.89. The first-order valence-corrected chi connectivity index (χ1v) is 7.98. The molecule has 0 aliphatic rings. The van der Waals surface area contributed by atoms with Crippen molar-refractivity contribution in [1.29, 1.82) is 0 Å². The molecule has 7 heteroatoms. The number of hydrogen-bond acceptors (Lipinski definition) is 5. The van der Waals surface area contributed by atoms with Gasteiger partial charge in [-0.25, -0.2) is 13.1 Å². The Kier molecular flexibility index (Phi) is 4.64. The summed E-state index contributed by atoms with van der Waals surface area (Å²) in [4.78, 5) is 0.122. The zero-order chi connectivity index (χ0) is 15.5. The number of ether oxygens (including phenoxy) is 1. The van der Waals surface area contributed by atoms with E-state index in [2.05, 4.69) is 9.88 Å². The van der Waals surface area contributed by atoms with Gasteiger partial charge in [-0.2, -0.15) is 0 Å². The summed E-state index contributed by atoms with van der Waals surface area (Å²) in [6.45, 7) is 3.49. The van der Waals surface area contributed by atoms with Crippen molar-refractivity contribution in [2.45, 2.75) is 25.2 Å². The maximum atomic E-state index is 12.2. The Morgan fingerprint density at radius 1 is 1.24 bits per heavy atom. The van der Waals surface area contributed by atoms with E-state index in [1.165, 1.54) is 0 Å². The molecule has 0 spiro atoms. The van der Waals surface area contributed by atoms with Gasteiger partial charge in [-0.3, -0.25) is 0 Å². The van der Waals surface area contributed by atoms with Crippen LogP contribution < -0.4 is 9.46 Å². The number of aryl methyl sites for hydroxylation is 2. The highest BCUT2D eigenvalue weighted by Crippen LogP contribution is 2.18. The van der Waals surface area contributed by atoms with Gasteiger partial charge in [0.25, 0.3) is 0 Å². The Hall–Kier alpha value is -1.86. The Bertz CT molecular complexity index is 686. The molecule has 2 aromatic rings. The van der Waals surface area contributed by atoms with Crippen LogP contribution in [0.5, 0.6) is 5.75 Å². The standard InChI is InChI=1S/C14H18N2O4S/c1-10-14(11(2)20-16-10)21(17,18)15-9-8-12-4-6-13(19-3)7-5-12/h4-7,15H,8-9H2,1-3H3. The van der Waals surface area contributed by atoms with Crippen LogP contribution in [0.2, 0.25) is 0 Å². The molecule has 21 heavy (non-hydrogen) atoms. The normalized spacial score (nSPS) is 11.6. The predicted molar refractivity (Wildman–Crippen MR) is 77.9 cm³/mol. The van der Waals surface area contributed by atoms with Crippen LogP contribution in [0.1, 0.15) is 17.0 Å². The molecule has 0 unspecified atom stereocenters. The van der Waals surface area contributed by atoms with E-state index in [0.29, 0.717) is 24.4 Å². The number of sulfonamides is 1. The van der Waals surface area contributed by atoms with E-state index in [-0.39, 0.29) is 4.90 Å². The van der Waals surface area contributed by atoms with E-state index in [1.54, 1.807) is 21.0 Å². The number of benzene rings is 1. The van der Waals surface area contributed by atoms with Gasteiger partial charge in [0.2, 0.25) is 10.0 Å². The van der Waals surface area contributed by atoms with E-state index in [4.69, 9.17) is 9.26 Å². The fraction of sp³-hybridized carbons (Fsp3) is 0.357. The van der Waals surface area contributed by atoms with Crippen molar-refractivity contribution in [1.82, 2.24) is 9.88 Å². The van der Waals surface area contributed by atoms with E-state index in [0.717, 1.165) is 11.3 Å². The van der Waals surface area contributed by atoms with Gasteiger partial charge in [-0.15, -0.1) is 0 Å². The molecule has 114 valence electrons. The van der Waals surface area contributed by atoms with Crippen molar-refractivity contribution < 1.29 is 17.7 Å². The van der Waals surface area contributed by atoms with Crippen LogP contribution in [0.15, 0.2) is 33.7 Å². The molecule has 0 radical (unpaired) electrons. The molecule has 1 N–H and O–H groups in total.